The summed E-state index contributed by atoms with van der Waals surface area (Å²) in [7, 11) is 1.67. The van der Waals surface area contributed by atoms with Gasteiger partial charge in [-0.3, -0.25) is 9.59 Å². The second-order valence-corrected chi connectivity index (χ2v) is 6.34. The van der Waals surface area contributed by atoms with E-state index >= 15 is 0 Å². The summed E-state index contributed by atoms with van der Waals surface area (Å²) in [6.07, 6.45) is 0. The lowest BCUT2D eigenvalue weighted by Gasteiger charge is -2.18. The molecule has 0 saturated heterocycles. The fraction of sp³-hybridized carbons (Fsp3) is 0.0909. The molecule has 0 saturated carbocycles. The average molecular weight is 342 g/mol. The van der Waals surface area contributed by atoms with Crippen LogP contribution in [-0.2, 0) is 9.59 Å². The zero-order chi connectivity index (χ0) is 18.3. The number of benzene rings is 3. The number of Topliss-reactive ketones (excluding diaryl/α,β-unsaturated/α-hetero) is 2. The molecule has 1 aliphatic carbocycles. The van der Waals surface area contributed by atoms with Crippen LogP contribution in [0.2, 0.25) is 0 Å². The molecule has 0 atom stereocenters. The third kappa shape index (κ3) is 2.47. The molecule has 0 aliphatic heterocycles. The molecule has 128 valence electrons. The van der Waals surface area contributed by atoms with E-state index in [0.717, 1.165) is 32.5 Å². The first kappa shape index (κ1) is 16.1. The normalized spacial score (nSPS) is 13.8. The minimum atomic E-state index is -0.527. The Kier molecular flexibility index (Phi) is 3.81. The Hall–Kier alpha value is -3.40. The number of likely N-dealkylation sites (N-methyl/N-ethyl adjacent to an activating group) is 1. The SMILES string of the molecule is CNC1=c2cc3ccccc3cc2=C(Nc2ccccc2C)C(=O)C1=O. The summed E-state index contributed by atoms with van der Waals surface area (Å²) < 4.78 is 0. The average Bonchev–Trinajstić information content (AvgIpc) is 2.66. The van der Waals surface area contributed by atoms with E-state index in [1.807, 2.05) is 67.6 Å². The van der Waals surface area contributed by atoms with Gasteiger partial charge in [0.1, 0.15) is 0 Å². The fourth-order valence-electron chi connectivity index (χ4n) is 3.35. The van der Waals surface area contributed by atoms with Crippen LogP contribution in [0, 0.1) is 6.92 Å². The van der Waals surface area contributed by atoms with Gasteiger partial charge < -0.3 is 10.6 Å². The van der Waals surface area contributed by atoms with E-state index in [2.05, 4.69) is 10.6 Å². The predicted molar refractivity (Wildman–Crippen MR) is 104 cm³/mol. The van der Waals surface area contributed by atoms with Gasteiger partial charge in [-0.15, -0.1) is 0 Å². The number of anilines is 1. The molecular formula is C22H18N2O2. The molecule has 4 heteroatoms. The molecule has 0 amide bonds. The third-order valence-electron chi connectivity index (χ3n) is 4.74. The molecular weight excluding hydrogens is 324 g/mol. The van der Waals surface area contributed by atoms with Crippen LogP contribution in [0.5, 0.6) is 0 Å². The van der Waals surface area contributed by atoms with Crippen LogP contribution >= 0.6 is 0 Å². The number of hydrogen-bond acceptors (Lipinski definition) is 4. The Morgan fingerprint density at radius 1 is 0.731 bits per heavy atom. The van der Waals surface area contributed by atoms with Crippen molar-refractivity contribution in [1.82, 2.24) is 5.32 Å². The largest absolute Gasteiger partial charge is 0.384 e. The number of rotatable bonds is 3. The van der Waals surface area contributed by atoms with Crippen molar-refractivity contribution in [3.8, 4) is 0 Å². The number of hydrogen-bond donors (Lipinski definition) is 2. The van der Waals surface area contributed by atoms with Crippen LogP contribution in [0.1, 0.15) is 5.56 Å². The van der Waals surface area contributed by atoms with Gasteiger partial charge in [0.2, 0.25) is 0 Å². The molecule has 26 heavy (non-hydrogen) atoms. The van der Waals surface area contributed by atoms with E-state index in [4.69, 9.17) is 0 Å². The van der Waals surface area contributed by atoms with Crippen LogP contribution in [-0.4, -0.2) is 18.6 Å². The maximum absolute atomic E-state index is 12.8. The first-order valence-corrected chi connectivity index (χ1v) is 8.47. The summed E-state index contributed by atoms with van der Waals surface area (Å²) in [6, 6.07) is 19.5. The molecule has 0 spiro atoms. The van der Waals surface area contributed by atoms with Crippen molar-refractivity contribution in [2.24, 2.45) is 0 Å². The highest BCUT2D eigenvalue weighted by molar-refractivity contribution is 6.63. The quantitative estimate of drug-likeness (QED) is 0.713. The van der Waals surface area contributed by atoms with Crippen molar-refractivity contribution in [3.63, 3.8) is 0 Å². The van der Waals surface area contributed by atoms with Gasteiger partial charge in [-0.2, -0.15) is 0 Å². The number of ketones is 2. The van der Waals surface area contributed by atoms with Gasteiger partial charge in [0.25, 0.3) is 11.6 Å². The Morgan fingerprint density at radius 2 is 1.27 bits per heavy atom. The molecule has 0 unspecified atom stereocenters. The Bertz CT molecular complexity index is 1190. The summed E-state index contributed by atoms with van der Waals surface area (Å²) in [5, 5.41) is 9.63. The molecule has 1 aliphatic rings. The van der Waals surface area contributed by atoms with Crippen molar-refractivity contribution in [1.29, 1.82) is 0 Å². The minimum Gasteiger partial charge on any atom is -0.384 e. The number of carbonyl (C=O) groups is 2. The van der Waals surface area contributed by atoms with E-state index in [9.17, 15) is 9.59 Å². The van der Waals surface area contributed by atoms with Crippen molar-refractivity contribution >= 4 is 39.4 Å². The summed E-state index contributed by atoms with van der Waals surface area (Å²) in [5.74, 6) is -1.05. The molecule has 0 fully saturated rings. The summed E-state index contributed by atoms with van der Waals surface area (Å²) in [4.78, 5) is 25.4. The maximum Gasteiger partial charge on any atom is 0.251 e. The Morgan fingerprint density at radius 3 is 1.88 bits per heavy atom. The van der Waals surface area contributed by atoms with Gasteiger partial charge in [-0.05, 0) is 41.5 Å². The summed E-state index contributed by atoms with van der Waals surface area (Å²) in [6.45, 7) is 1.96. The molecule has 3 aromatic rings. The van der Waals surface area contributed by atoms with Crippen molar-refractivity contribution in [2.45, 2.75) is 6.92 Å². The Labute approximate surface area is 150 Å². The number of para-hydroxylation sites is 1. The fourth-order valence-corrected chi connectivity index (χ4v) is 3.35. The van der Waals surface area contributed by atoms with Crippen LogP contribution < -0.4 is 21.1 Å². The first-order chi connectivity index (χ1) is 12.6. The van der Waals surface area contributed by atoms with Gasteiger partial charge in [-0.25, -0.2) is 0 Å². The smallest absolute Gasteiger partial charge is 0.251 e. The van der Waals surface area contributed by atoms with E-state index < -0.39 is 11.6 Å². The van der Waals surface area contributed by atoms with Crippen LogP contribution in [0.25, 0.3) is 22.2 Å². The van der Waals surface area contributed by atoms with E-state index in [-0.39, 0.29) is 0 Å². The zero-order valence-electron chi connectivity index (χ0n) is 14.6. The number of fused-ring (bicyclic) bond motifs is 2. The first-order valence-electron chi connectivity index (χ1n) is 8.47. The summed E-state index contributed by atoms with van der Waals surface area (Å²) >= 11 is 0. The van der Waals surface area contributed by atoms with Crippen molar-refractivity contribution in [2.75, 3.05) is 12.4 Å². The molecule has 0 bridgehead atoms. The van der Waals surface area contributed by atoms with E-state index in [0.29, 0.717) is 11.4 Å². The van der Waals surface area contributed by atoms with E-state index in [1.54, 1.807) is 7.05 Å². The van der Waals surface area contributed by atoms with E-state index in [1.165, 1.54) is 0 Å². The van der Waals surface area contributed by atoms with Crippen LogP contribution in [0.15, 0.2) is 60.7 Å². The predicted octanol–water partition coefficient (Wildman–Crippen LogP) is 1.85. The lowest BCUT2D eigenvalue weighted by molar-refractivity contribution is -0.130. The van der Waals surface area contributed by atoms with Gasteiger partial charge >= 0.3 is 0 Å². The van der Waals surface area contributed by atoms with Crippen molar-refractivity contribution in [3.05, 3.63) is 76.7 Å². The molecule has 4 nitrogen and oxygen atoms in total. The lowest BCUT2D eigenvalue weighted by atomic mass is 9.96. The number of nitrogens with one attached hydrogen (secondary N) is 2. The Balaban J connectivity index is 2.09. The lowest BCUT2D eigenvalue weighted by Crippen LogP contribution is -2.46. The minimum absolute atomic E-state index is 0.323. The molecule has 0 aromatic heterocycles. The molecule has 3 aromatic carbocycles. The highest BCUT2D eigenvalue weighted by Crippen LogP contribution is 2.18. The highest BCUT2D eigenvalue weighted by atomic mass is 16.2. The second kappa shape index (κ2) is 6.15. The van der Waals surface area contributed by atoms with Crippen LogP contribution in [0.4, 0.5) is 5.69 Å². The molecule has 0 radical (unpaired) electrons. The summed E-state index contributed by atoms with van der Waals surface area (Å²) in [5.41, 5.74) is 2.48. The highest BCUT2D eigenvalue weighted by Gasteiger charge is 2.28. The van der Waals surface area contributed by atoms with Crippen molar-refractivity contribution < 1.29 is 9.59 Å². The number of carbonyl (C=O) groups excluding carboxylic acids is 2. The van der Waals surface area contributed by atoms with Crippen LogP contribution in [0.3, 0.4) is 0 Å². The zero-order valence-corrected chi connectivity index (χ0v) is 14.6. The third-order valence-corrected chi connectivity index (χ3v) is 4.74. The standard InChI is InChI=1S/C22H18N2O2/c1-13-7-3-6-10-18(13)24-20-17-12-15-9-5-4-8-14(15)11-16(17)19(23-2)21(25)22(20)26/h3-12,23-24H,1-2H3. The van der Waals surface area contributed by atoms with Gasteiger partial charge in [0, 0.05) is 23.2 Å². The maximum atomic E-state index is 12.8. The molecule has 2 N–H and O–H groups in total. The number of aryl methyl sites for hydroxylation is 1. The van der Waals surface area contributed by atoms with Gasteiger partial charge in [0.15, 0.2) is 0 Å². The monoisotopic (exact) mass is 342 g/mol. The topological polar surface area (TPSA) is 58.2 Å². The molecule has 0 heterocycles. The van der Waals surface area contributed by atoms with Gasteiger partial charge in [0.05, 0.1) is 11.4 Å². The second-order valence-electron chi connectivity index (χ2n) is 6.34. The van der Waals surface area contributed by atoms with Gasteiger partial charge in [-0.1, -0.05) is 42.5 Å². The molecule has 4 rings (SSSR count).